The molecule has 0 aliphatic rings. The highest BCUT2D eigenvalue weighted by Crippen LogP contribution is 2.39. The quantitative estimate of drug-likeness (QED) is 0.248. The number of benzene rings is 3. The molecule has 0 atom stereocenters. The minimum absolute atomic E-state index is 0.00957. The summed E-state index contributed by atoms with van der Waals surface area (Å²) in [5.41, 5.74) is 3.66. The van der Waals surface area contributed by atoms with Gasteiger partial charge in [0.2, 0.25) is 0 Å². The van der Waals surface area contributed by atoms with E-state index in [-0.39, 0.29) is 30.1 Å². The molecule has 168 valence electrons. The van der Waals surface area contributed by atoms with Gasteiger partial charge in [-0.2, -0.15) is 0 Å². The van der Waals surface area contributed by atoms with Crippen molar-refractivity contribution in [3.63, 3.8) is 0 Å². The van der Waals surface area contributed by atoms with E-state index in [1.165, 1.54) is 7.11 Å². The number of methoxy groups -OCH3 is 1. The monoisotopic (exact) mass is 481 g/mol. The molecule has 0 unspecified atom stereocenters. The number of ketones is 1. The molecule has 1 N–H and O–H groups in total. The highest BCUT2D eigenvalue weighted by molar-refractivity contribution is 6.35. The van der Waals surface area contributed by atoms with E-state index in [0.29, 0.717) is 32.1 Å². The van der Waals surface area contributed by atoms with Crippen LogP contribution in [0.15, 0.2) is 60.7 Å². The highest BCUT2D eigenvalue weighted by atomic mass is 35.5. The lowest BCUT2D eigenvalue weighted by atomic mass is 9.95. The van der Waals surface area contributed by atoms with Gasteiger partial charge in [-0.1, -0.05) is 53.5 Å². The van der Waals surface area contributed by atoms with E-state index in [1.807, 2.05) is 37.3 Å². The maximum atomic E-state index is 13.5. The second-order valence-corrected chi connectivity index (χ2v) is 8.42. The van der Waals surface area contributed by atoms with Crippen LogP contribution in [0.5, 0.6) is 5.75 Å². The number of halogens is 2. The summed E-state index contributed by atoms with van der Waals surface area (Å²) in [6, 6.07) is 17.7. The highest BCUT2D eigenvalue weighted by Gasteiger charge is 2.26. The lowest BCUT2D eigenvalue weighted by Gasteiger charge is -2.13. The van der Waals surface area contributed by atoms with Gasteiger partial charge in [-0.3, -0.25) is 9.59 Å². The van der Waals surface area contributed by atoms with Crippen LogP contribution in [0.25, 0.3) is 10.9 Å². The lowest BCUT2D eigenvalue weighted by Crippen LogP contribution is -2.10. The van der Waals surface area contributed by atoms with Gasteiger partial charge in [-0.25, -0.2) is 0 Å². The Morgan fingerprint density at radius 1 is 1.00 bits per heavy atom. The van der Waals surface area contributed by atoms with Crippen LogP contribution in [0, 0.1) is 6.92 Å². The van der Waals surface area contributed by atoms with E-state index in [2.05, 4.69) is 4.98 Å². The van der Waals surface area contributed by atoms with Gasteiger partial charge in [0.1, 0.15) is 12.4 Å². The molecule has 0 saturated heterocycles. The summed E-state index contributed by atoms with van der Waals surface area (Å²) in [5.74, 6) is -0.433. The van der Waals surface area contributed by atoms with Gasteiger partial charge in [0.25, 0.3) is 0 Å². The zero-order valence-electron chi connectivity index (χ0n) is 18.1. The summed E-state index contributed by atoms with van der Waals surface area (Å²) < 4.78 is 11.0. The maximum Gasteiger partial charge on any atom is 0.310 e. The topological polar surface area (TPSA) is 68.4 Å². The molecule has 0 aliphatic carbocycles. The minimum atomic E-state index is -0.401. The Bertz CT molecular complexity index is 1330. The van der Waals surface area contributed by atoms with Crippen LogP contribution in [-0.4, -0.2) is 23.8 Å². The molecule has 5 nitrogen and oxygen atoms in total. The van der Waals surface area contributed by atoms with Crippen molar-refractivity contribution < 1.29 is 19.1 Å². The zero-order chi connectivity index (χ0) is 23.5. The normalized spacial score (nSPS) is 10.9. The van der Waals surface area contributed by atoms with Crippen LogP contribution >= 0.6 is 23.2 Å². The van der Waals surface area contributed by atoms with E-state index >= 15 is 0 Å². The van der Waals surface area contributed by atoms with Crippen LogP contribution in [-0.2, 0) is 22.6 Å². The Hall–Kier alpha value is -3.28. The summed E-state index contributed by atoms with van der Waals surface area (Å²) in [7, 11) is 1.46. The van der Waals surface area contributed by atoms with E-state index in [1.54, 1.807) is 30.3 Å². The first kappa shape index (κ1) is 22.9. The number of aromatic nitrogens is 1. The third-order valence-corrected chi connectivity index (χ3v) is 5.95. The maximum absolute atomic E-state index is 13.5. The molecule has 0 spiro atoms. The Balaban J connectivity index is 1.75. The van der Waals surface area contributed by atoms with Gasteiger partial charge in [0, 0.05) is 27.2 Å². The SMILES string of the molecule is COc1c(Cl)cc2[nH]c(C)c(CC(=O)OCc3ccccc3)c2c1C(=O)c1ccc(Cl)cc1. The largest absolute Gasteiger partial charge is 0.494 e. The summed E-state index contributed by atoms with van der Waals surface area (Å²) >= 11 is 12.4. The number of nitrogens with one attached hydrogen (secondary N) is 1. The van der Waals surface area contributed by atoms with E-state index in [4.69, 9.17) is 32.7 Å². The van der Waals surface area contributed by atoms with E-state index < -0.39 is 5.97 Å². The van der Waals surface area contributed by atoms with Crippen molar-refractivity contribution in [2.45, 2.75) is 20.0 Å². The number of H-pyrrole nitrogens is 1. The third kappa shape index (κ3) is 4.75. The first-order valence-corrected chi connectivity index (χ1v) is 11.0. The number of carbonyl (C=O) groups is 2. The summed E-state index contributed by atoms with van der Waals surface area (Å²) in [5, 5.41) is 1.40. The fraction of sp³-hybridized carbons (Fsp3) is 0.154. The van der Waals surface area contributed by atoms with Gasteiger partial charge in [-0.15, -0.1) is 0 Å². The molecule has 0 aliphatic heterocycles. The molecule has 1 aromatic heterocycles. The molecule has 0 fully saturated rings. The number of aromatic amines is 1. The fourth-order valence-corrected chi connectivity index (χ4v) is 4.23. The van der Waals surface area contributed by atoms with Crippen molar-refractivity contribution in [3.8, 4) is 5.75 Å². The van der Waals surface area contributed by atoms with Crippen LogP contribution in [0.1, 0.15) is 32.7 Å². The first-order valence-electron chi connectivity index (χ1n) is 10.3. The van der Waals surface area contributed by atoms with Crippen LogP contribution in [0.4, 0.5) is 0 Å². The molecular formula is C26H21Cl2NO4. The number of carbonyl (C=O) groups excluding carboxylic acids is 2. The Morgan fingerprint density at radius 3 is 2.36 bits per heavy atom. The van der Waals surface area contributed by atoms with Gasteiger partial charge in [0.05, 0.1) is 24.1 Å². The second-order valence-electron chi connectivity index (χ2n) is 7.58. The van der Waals surface area contributed by atoms with Crippen LogP contribution in [0.3, 0.4) is 0 Å². The summed E-state index contributed by atoms with van der Waals surface area (Å²) in [6.07, 6.45) is -0.00957. The molecule has 0 bridgehead atoms. The Kier molecular flexibility index (Phi) is 6.72. The number of hydrogen-bond acceptors (Lipinski definition) is 4. The number of fused-ring (bicyclic) bond motifs is 1. The molecule has 1 heterocycles. The van der Waals surface area contributed by atoms with Crippen molar-refractivity contribution in [1.29, 1.82) is 0 Å². The van der Waals surface area contributed by atoms with Gasteiger partial charge in [0.15, 0.2) is 5.78 Å². The summed E-state index contributed by atoms with van der Waals surface area (Å²) in [6.45, 7) is 2.02. The van der Waals surface area contributed by atoms with Crippen molar-refractivity contribution in [2.75, 3.05) is 7.11 Å². The van der Waals surface area contributed by atoms with Crippen LogP contribution in [0.2, 0.25) is 10.0 Å². The fourth-order valence-electron chi connectivity index (χ4n) is 3.83. The molecule has 33 heavy (non-hydrogen) atoms. The van der Waals surface area contributed by atoms with Crippen molar-refractivity contribution in [1.82, 2.24) is 4.98 Å². The lowest BCUT2D eigenvalue weighted by molar-refractivity contribution is -0.144. The molecule has 0 saturated carbocycles. The molecular weight excluding hydrogens is 461 g/mol. The molecule has 0 amide bonds. The Labute approximate surface area is 201 Å². The second kappa shape index (κ2) is 9.69. The number of ether oxygens (including phenoxy) is 2. The zero-order valence-corrected chi connectivity index (χ0v) is 19.6. The number of rotatable bonds is 7. The molecule has 4 rings (SSSR count). The standard InChI is InChI=1S/C26H21Cl2NO4/c1-15-19(12-22(30)33-14-16-6-4-3-5-7-16)23-21(29-15)13-20(28)26(32-2)24(23)25(31)17-8-10-18(27)11-9-17/h3-11,13,29H,12,14H2,1-2H3. The smallest absolute Gasteiger partial charge is 0.310 e. The van der Waals surface area contributed by atoms with Crippen molar-refractivity contribution >= 4 is 45.9 Å². The predicted octanol–water partition coefficient (Wildman–Crippen LogP) is 6.31. The van der Waals surface area contributed by atoms with E-state index in [9.17, 15) is 9.59 Å². The Morgan fingerprint density at radius 2 is 1.70 bits per heavy atom. The van der Waals surface area contributed by atoms with Gasteiger partial charge >= 0.3 is 5.97 Å². The number of esters is 1. The third-order valence-electron chi connectivity index (χ3n) is 5.41. The van der Waals surface area contributed by atoms with Crippen molar-refractivity contribution in [3.05, 3.63) is 98.7 Å². The predicted molar refractivity (Wildman–Crippen MR) is 129 cm³/mol. The van der Waals surface area contributed by atoms with Gasteiger partial charge < -0.3 is 14.5 Å². The van der Waals surface area contributed by atoms with Crippen molar-refractivity contribution in [2.24, 2.45) is 0 Å². The molecule has 0 radical (unpaired) electrons. The van der Waals surface area contributed by atoms with Gasteiger partial charge in [-0.05, 0) is 48.4 Å². The average molecular weight is 482 g/mol. The molecule has 4 aromatic rings. The molecule has 3 aromatic carbocycles. The van der Waals surface area contributed by atoms with Crippen LogP contribution < -0.4 is 4.74 Å². The van der Waals surface area contributed by atoms with E-state index in [0.717, 1.165) is 11.3 Å². The number of hydrogen-bond donors (Lipinski definition) is 1. The minimum Gasteiger partial charge on any atom is -0.494 e. The average Bonchev–Trinajstić information content (AvgIpc) is 3.11. The number of aryl methyl sites for hydroxylation is 1. The molecule has 7 heteroatoms. The first-order chi connectivity index (χ1) is 15.9. The summed E-state index contributed by atoms with van der Waals surface area (Å²) in [4.78, 5) is 29.5.